The van der Waals surface area contributed by atoms with Crippen molar-refractivity contribution in [1.29, 1.82) is 0 Å². The Balaban J connectivity index is 0.000000890. The lowest BCUT2D eigenvalue weighted by atomic mass is 9.95. The highest BCUT2D eigenvalue weighted by Crippen LogP contribution is 2.23. The average molecular weight is 474 g/mol. The largest absolute Gasteiger partial charge is 0.497 e. The molecule has 0 radical (unpaired) electrons. The van der Waals surface area contributed by atoms with Crippen LogP contribution in [0.1, 0.15) is 78.6 Å². The smallest absolute Gasteiger partial charge is 0.119 e. The first-order chi connectivity index (χ1) is 16.1. The van der Waals surface area contributed by atoms with Crippen LogP contribution in [0, 0.1) is 0 Å². The third-order valence-corrected chi connectivity index (χ3v) is 7.47. The maximum absolute atomic E-state index is 12.7. The van der Waals surface area contributed by atoms with Crippen molar-refractivity contribution in [2.75, 3.05) is 13.7 Å². The molecule has 33 heavy (non-hydrogen) atoms. The Morgan fingerprint density at radius 2 is 1.42 bits per heavy atom. The lowest BCUT2D eigenvalue weighted by molar-refractivity contribution is 0.183. The molecule has 1 fully saturated rings. The Hall–Kier alpha value is -1.85. The number of nitrogens with one attached hydrogen (secondary N) is 1. The molecule has 0 aliphatic heterocycles. The number of ether oxygens (including phenoxy) is 2. The molecule has 3 rings (SSSR count). The monoisotopic (exact) mass is 473 g/mol. The molecule has 5 heteroatoms. The van der Waals surface area contributed by atoms with E-state index in [1.165, 1.54) is 44.9 Å². The lowest BCUT2D eigenvalue weighted by Gasteiger charge is -2.24. The summed E-state index contributed by atoms with van der Waals surface area (Å²) in [5, 5.41) is 3.69. The van der Waals surface area contributed by atoms with Crippen molar-refractivity contribution in [2.45, 2.75) is 100 Å². The number of benzene rings is 2. The molecule has 0 aromatic heterocycles. The summed E-state index contributed by atoms with van der Waals surface area (Å²) in [6, 6.07) is 15.7. The van der Waals surface area contributed by atoms with Crippen molar-refractivity contribution < 1.29 is 13.7 Å². The zero-order valence-corrected chi connectivity index (χ0v) is 21.8. The summed E-state index contributed by atoms with van der Waals surface area (Å²) in [4.78, 5) is 1.54. The standard InChI is InChI=1S/C24H33NO3S.C4H10/c1-3-20(17-18-25-19-7-5-4-6-8-19)28-22-11-15-24(16-12-22)29(26)23-13-9-21(27-2)10-14-23;1-3-4-2/h9-16,19-20,25H,3-8,17-18H2,1-2H3;3-4H2,1-2H3. The van der Waals surface area contributed by atoms with Crippen LogP contribution in [0.15, 0.2) is 58.3 Å². The van der Waals surface area contributed by atoms with Gasteiger partial charge >= 0.3 is 0 Å². The molecule has 184 valence electrons. The zero-order chi connectivity index (χ0) is 23.9. The molecule has 0 saturated heterocycles. The van der Waals surface area contributed by atoms with Gasteiger partial charge in [-0.3, -0.25) is 0 Å². The van der Waals surface area contributed by atoms with Crippen molar-refractivity contribution in [2.24, 2.45) is 0 Å². The van der Waals surface area contributed by atoms with Crippen LogP contribution in [0.2, 0.25) is 0 Å². The van der Waals surface area contributed by atoms with E-state index in [1.54, 1.807) is 7.11 Å². The molecule has 2 aromatic rings. The average Bonchev–Trinajstić information content (AvgIpc) is 2.89. The first-order valence-electron chi connectivity index (χ1n) is 12.7. The van der Waals surface area contributed by atoms with E-state index >= 15 is 0 Å². The predicted octanol–water partition coefficient (Wildman–Crippen LogP) is 7.14. The second kappa shape index (κ2) is 15.9. The maximum atomic E-state index is 12.7. The number of hydrogen-bond acceptors (Lipinski definition) is 4. The molecular formula is C28H43NO3S. The van der Waals surface area contributed by atoms with E-state index in [2.05, 4.69) is 26.1 Å². The third kappa shape index (κ3) is 9.89. The summed E-state index contributed by atoms with van der Waals surface area (Å²) in [5.41, 5.74) is 0. The zero-order valence-electron chi connectivity index (χ0n) is 21.0. The Morgan fingerprint density at radius 1 is 0.879 bits per heavy atom. The third-order valence-electron chi connectivity index (χ3n) is 6.07. The Bertz CT molecular complexity index is 784. The van der Waals surface area contributed by atoms with Crippen molar-refractivity contribution in [1.82, 2.24) is 5.32 Å². The van der Waals surface area contributed by atoms with Crippen molar-refractivity contribution >= 4 is 10.8 Å². The maximum Gasteiger partial charge on any atom is 0.119 e. The summed E-state index contributed by atoms with van der Waals surface area (Å²) in [6.45, 7) is 7.53. The highest BCUT2D eigenvalue weighted by atomic mass is 32.2. The molecule has 0 heterocycles. The summed E-state index contributed by atoms with van der Waals surface area (Å²) in [6.07, 6.45) is 11.5. The van der Waals surface area contributed by atoms with Crippen molar-refractivity contribution in [3.8, 4) is 11.5 Å². The van der Waals surface area contributed by atoms with E-state index in [0.29, 0.717) is 6.04 Å². The van der Waals surface area contributed by atoms with E-state index in [4.69, 9.17) is 9.47 Å². The minimum atomic E-state index is -1.21. The fourth-order valence-corrected chi connectivity index (χ4v) is 4.81. The second-order valence-corrected chi connectivity index (χ2v) is 10.1. The minimum Gasteiger partial charge on any atom is -0.497 e. The Kier molecular flexibility index (Phi) is 13.2. The fraction of sp³-hybridized carbons (Fsp3) is 0.571. The van der Waals surface area contributed by atoms with Gasteiger partial charge in [0.05, 0.1) is 24.0 Å². The number of unbranched alkanes of at least 4 members (excludes halogenated alkanes) is 1. The van der Waals surface area contributed by atoms with Gasteiger partial charge in [0.1, 0.15) is 11.5 Å². The highest BCUT2D eigenvalue weighted by Gasteiger charge is 2.14. The number of rotatable bonds is 11. The second-order valence-electron chi connectivity index (χ2n) is 8.64. The first kappa shape index (κ1) is 27.4. The van der Waals surface area contributed by atoms with E-state index in [1.807, 2.05) is 48.5 Å². The van der Waals surface area contributed by atoms with Crippen molar-refractivity contribution in [3.63, 3.8) is 0 Å². The van der Waals surface area contributed by atoms with Crippen LogP contribution in [-0.4, -0.2) is 30.0 Å². The summed E-state index contributed by atoms with van der Waals surface area (Å²) >= 11 is 0. The van der Waals surface area contributed by atoms with Gasteiger partial charge in [-0.05, 0) is 80.8 Å². The fourth-order valence-electron chi connectivity index (χ4n) is 3.77. The van der Waals surface area contributed by atoms with Crippen molar-refractivity contribution in [3.05, 3.63) is 48.5 Å². The quantitative estimate of drug-likeness (QED) is 0.377. The molecule has 0 bridgehead atoms. The summed E-state index contributed by atoms with van der Waals surface area (Å²) in [5.74, 6) is 1.60. The summed E-state index contributed by atoms with van der Waals surface area (Å²) in [7, 11) is 0.417. The van der Waals surface area contributed by atoms with Gasteiger partial charge in [0.15, 0.2) is 0 Å². The molecular weight excluding hydrogens is 430 g/mol. The molecule has 0 amide bonds. The molecule has 2 atom stereocenters. The first-order valence-corrected chi connectivity index (χ1v) is 13.8. The summed E-state index contributed by atoms with van der Waals surface area (Å²) < 4.78 is 24.1. The topological polar surface area (TPSA) is 47.6 Å². The van der Waals surface area contributed by atoms with Gasteiger partial charge in [-0.15, -0.1) is 0 Å². The highest BCUT2D eigenvalue weighted by molar-refractivity contribution is 7.85. The molecule has 1 N–H and O–H groups in total. The molecule has 0 spiro atoms. The normalized spacial score (nSPS) is 15.8. The van der Waals surface area contributed by atoms with Crippen LogP contribution in [0.3, 0.4) is 0 Å². The molecule has 2 unspecified atom stereocenters. The Morgan fingerprint density at radius 3 is 1.91 bits per heavy atom. The molecule has 4 nitrogen and oxygen atoms in total. The van der Waals surface area contributed by atoms with E-state index in [0.717, 1.165) is 40.7 Å². The lowest BCUT2D eigenvalue weighted by Crippen LogP contribution is -2.34. The van der Waals surface area contributed by atoms with Gasteiger partial charge in [-0.2, -0.15) is 0 Å². The van der Waals surface area contributed by atoms with Gasteiger partial charge < -0.3 is 14.8 Å². The van der Waals surface area contributed by atoms with Gasteiger partial charge in [0.2, 0.25) is 0 Å². The number of methoxy groups -OCH3 is 1. The van der Waals surface area contributed by atoms with Crippen LogP contribution in [0.25, 0.3) is 0 Å². The molecule has 1 saturated carbocycles. The van der Waals surface area contributed by atoms with E-state index in [-0.39, 0.29) is 6.10 Å². The predicted molar refractivity (Wildman–Crippen MR) is 139 cm³/mol. The van der Waals surface area contributed by atoms with E-state index < -0.39 is 10.8 Å². The van der Waals surface area contributed by atoms with Crippen LogP contribution >= 0.6 is 0 Å². The van der Waals surface area contributed by atoms with Gasteiger partial charge in [-0.1, -0.05) is 52.9 Å². The SMILES string of the molecule is CCC(CCNC1CCCCC1)Oc1ccc(S(=O)c2ccc(OC)cc2)cc1.CCCC. The van der Waals surface area contributed by atoms with Crippen LogP contribution in [0.4, 0.5) is 0 Å². The van der Waals surface area contributed by atoms with Gasteiger partial charge in [0.25, 0.3) is 0 Å². The van der Waals surface area contributed by atoms with Crippen LogP contribution < -0.4 is 14.8 Å². The molecule has 2 aromatic carbocycles. The van der Waals surface area contributed by atoms with Gasteiger partial charge in [0, 0.05) is 15.8 Å². The molecule has 1 aliphatic carbocycles. The number of hydrogen-bond donors (Lipinski definition) is 1. The Labute approximate surface area is 203 Å². The minimum absolute atomic E-state index is 0.198. The molecule has 1 aliphatic rings. The van der Waals surface area contributed by atoms with E-state index in [9.17, 15) is 4.21 Å². The van der Waals surface area contributed by atoms with Crippen LogP contribution in [-0.2, 0) is 10.8 Å². The van der Waals surface area contributed by atoms with Gasteiger partial charge in [-0.25, -0.2) is 4.21 Å². The van der Waals surface area contributed by atoms with Crippen LogP contribution in [0.5, 0.6) is 11.5 Å².